The van der Waals surface area contributed by atoms with Gasteiger partial charge in [0, 0.05) is 23.9 Å². The zero-order valence-electron chi connectivity index (χ0n) is 22.6. The zero-order chi connectivity index (χ0) is 27.8. The molecule has 4 rings (SSSR count). The number of hydrogen-bond acceptors (Lipinski definition) is 6. The number of amides is 1. The van der Waals surface area contributed by atoms with Crippen LogP contribution in [0, 0.1) is 11.8 Å². The number of fused-ring (bicyclic) bond motifs is 2. The van der Waals surface area contributed by atoms with E-state index in [1.807, 2.05) is 31.2 Å². The second kappa shape index (κ2) is 10.6. The second-order valence-corrected chi connectivity index (χ2v) is 10.8. The topological polar surface area (TPSA) is 140 Å². The van der Waals surface area contributed by atoms with Gasteiger partial charge in [0.15, 0.2) is 5.96 Å². The van der Waals surface area contributed by atoms with E-state index in [9.17, 15) is 19.8 Å². The van der Waals surface area contributed by atoms with Gasteiger partial charge in [-0.1, -0.05) is 37.3 Å². The molecule has 0 saturated carbocycles. The molecule has 2 aromatic rings. The Bertz CT molecular complexity index is 1300. The summed E-state index contributed by atoms with van der Waals surface area (Å²) >= 11 is 0. The average Bonchev–Trinajstić information content (AvgIpc) is 3.10. The number of carbonyl (C=O) groups is 2. The Kier molecular flexibility index (Phi) is 7.66. The van der Waals surface area contributed by atoms with Crippen molar-refractivity contribution in [1.82, 2.24) is 10.2 Å². The van der Waals surface area contributed by atoms with Crippen molar-refractivity contribution in [1.29, 1.82) is 0 Å². The van der Waals surface area contributed by atoms with Gasteiger partial charge in [-0.05, 0) is 23.9 Å². The van der Waals surface area contributed by atoms with E-state index in [0.29, 0.717) is 23.8 Å². The molecular formula is C28H37N5O5. The number of quaternary nitrogens is 1. The van der Waals surface area contributed by atoms with E-state index in [-0.39, 0.29) is 24.1 Å². The van der Waals surface area contributed by atoms with Crippen LogP contribution >= 0.6 is 0 Å². The van der Waals surface area contributed by atoms with Crippen molar-refractivity contribution in [2.24, 2.45) is 22.6 Å². The maximum Gasteiger partial charge on any atom is 0.235 e. The molecule has 0 aliphatic carbocycles. The maximum atomic E-state index is 12.6. The number of nitrogens with zero attached hydrogens (tertiary/aromatic N) is 3. The molecule has 204 valence electrons. The lowest BCUT2D eigenvalue weighted by atomic mass is 9.78. The second-order valence-electron chi connectivity index (χ2n) is 10.8. The standard InChI is InChI=1S/C28H37N5O5/c1-16-21(25(27(36)37)32-24(16)23(17(2)34)26(32)35)15-38-22-11-7-9-19-18(8-6-10-20(19)22)14-33(4,5)13-12-31-28(29)30-3/h6-11,16-17,23-24,34H,12-15H2,1-5H3,(H3-,29,30,31,36,37)/t16-,17+,23+,24+/m0/s1. The number of likely N-dealkylation sites (N-methyl/N-ethyl adjacent to an activating group) is 1. The number of carbonyl (C=O) groups excluding carboxylic acids is 2. The molecule has 1 fully saturated rings. The Morgan fingerprint density at radius 2 is 1.95 bits per heavy atom. The van der Waals surface area contributed by atoms with Crippen LogP contribution in [0.2, 0.25) is 0 Å². The third kappa shape index (κ3) is 5.06. The SMILES string of the molecule is CN=C(N)NCC[N+](C)(C)Cc1cccc2c(OCC3=C(C(=O)[O-])N4C(=O)[C@H]([C@@H](C)O)[C@H]4[C@H]3C)cccc12. The van der Waals surface area contributed by atoms with Gasteiger partial charge in [0.2, 0.25) is 5.91 Å². The Balaban J connectivity index is 1.55. The van der Waals surface area contributed by atoms with E-state index < -0.39 is 24.0 Å². The number of nitrogens with one attached hydrogen (secondary N) is 1. The third-order valence-corrected chi connectivity index (χ3v) is 7.73. The van der Waals surface area contributed by atoms with Gasteiger partial charge in [0.1, 0.15) is 18.9 Å². The molecule has 2 aliphatic rings. The van der Waals surface area contributed by atoms with Crippen molar-refractivity contribution in [3.05, 3.63) is 53.2 Å². The lowest BCUT2D eigenvalue weighted by Crippen LogP contribution is -2.64. The summed E-state index contributed by atoms with van der Waals surface area (Å²) in [5, 5.41) is 27.1. The summed E-state index contributed by atoms with van der Waals surface area (Å²) in [6.45, 7) is 5.74. The van der Waals surface area contributed by atoms with Gasteiger partial charge in [0.25, 0.3) is 0 Å². The number of rotatable bonds is 10. The van der Waals surface area contributed by atoms with Gasteiger partial charge in [-0.25, -0.2) is 0 Å². The highest BCUT2D eigenvalue weighted by Crippen LogP contribution is 2.47. The minimum Gasteiger partial charge on any atom is -0.543 e. The van der Waals surface area contributed by atoms with Gasteiger partial charge < -0.3 is 40.2 Å². The summed E-state index contributed by atoms with van der Waals surface area (Å²) in [6.07, 6.45) is -0.860. The first-order valence-electron chi connectivity index (χ1n) is 12.8. The van der Waals surface area contributed by atoms with Crippen molar-refractivity contribution in [3.8, 4) is 5.75 Å². The predicted molar refractivity (Wildman–Crippen MR) is 143 cm³/mol. The van der Waals surface area contributed by atoms with Crippen molar-refractivity contribution in [2.75, 3.05) is 40.8 Å². The molecule has 0 radical (unpaired) electrons. The van der Waals surface area contributed by atoms with Crippen LogP contribution in [0.1, 0.15) is 19.4 Å². The van der Waals surface area contributed by atoms with Gasteiger partial charge in [-0.15, -0.1) is 0 Å². The van der Waals surface area contributed by atoms with E-state index >= 15 is 0 Å². The summed E-state index contributed by atoms with van der Waals surface area (Å²) in [5.41, 5.74) is 7.27. The predicted octanol–water partition coefficient (Wildman–Crippen LogP) is 0.191. The number of benzene rings is 2. The van der Waals surface area contributed by atoms with Gasteiger partial charge in [-0.2, -0.15) is 0 Å². The van der Waals surface area contributed by atoms with Gasteiger partial charge in [-0.3, -0.25) is 9.79 Å². The van der Waals surface area contributed by atoms with Gasteiger partial charge in [0.05, 0.1) is 56.9 Å². The van der Waals surface area contributed by atoms with Crippen LogP contribution in [-0.4, -0.2) is 85.3 Å². The zero-order valence-corrected chi connectivity index (χ0v) is 22.6. The molecule has 2 aliphatic heterocycles. The average molecular weight is 524 g/mol. The van der Waals surface area contributed by atoms with Crippen molar-refractivity contribution in [3.63, 3.8) is 0 Å². The van der Waals surface area contributed by atoms with Crippen LogP contribution in [0.25, 0.3) is 10.8 Å². The largest absolute Gasteiger partial charge is 0.543 e. The number of guanidine groups is 1. The number of β-lactam (4-membered cyclic amide) rings is 1. The maximum absolute atomic E-state index is 12.6. The normalized spacial score (nSPS) is 22.4. The number of aliphatic hydroxyl groups excluding tert-OH is 1. The molecule has 2 heterocycles. The van der Waals surface area contributed by atoms with Crippen LogP contribution < -0.4 is 20.9 Å². The number of carboxylic acids is 1. The first-order chi connectivity index (χ1) is 18.0. The summed E-state index contributed by atoms with van der Waals surface area (Å²) < 4.78 is 6.93. The van der Waals surface area contributed by atoms with Crippen molar-refractivity contribution >= 4 is 28.6 Å². The van der Waals surface area contributed by atoms with Crippen LogP contribution in [0.3, 0.4) is 0 Å². The fourth-order valence-corrected chi connectivity index (χ4v) is 5.69. The van der Waals surface area contributed by atoms with Crippen LogP contribution in [-0.2, 0) is 16.1 Å². The summed E-state index contributed by atoms with van der Waals surface area (Å²) in [4.78, 5) is 29.8. The first kappa shape index (κ1) is 27.4. The number of hydrogen-bond donors (Lipinski definition) is 3. The minimum absolute atomic E-state index is 0.00819. The van der Waals surface area contributed by atoms with Crippen LogP contribution in [0.5, 0.6) is 5.75 Å². The molecule has 10 nitrogen and oxygen atoms in total. The molecule has 38 heavy (non-hydrogen) atoms. The molecule has 0 unspecified atom stereocenters. The lowest BCUT2D eigenvalue weighted by molar-refractivity contribution is -0.902. The highest BCUT2D eigenvalue weighted by Gasteiger charge is 2.58. The van der Waals surface area contributed by atoms with Gasteiger partial charge >= 0.3 is 0 Å². The molecule has 10 heteroatoms. The summed E-state index contributed by atoms with van der Waals surface area (Å²) in [5.74, 6) is -1.64. The van der Waals surface area contributed by atoms with Crippen molar-refractivity contribution in [2.45, 2.75) is 32.5 Å². The van der Waals surface area contributed by atoms with Crippen molar-refractivity contribution < 1.29 is 29.0 Å². The van der Waals surface area contributed by atoms with E-state index in [2.05, 4.69) is 36.5 Å². The smallest absolute Gasteiger partial charge is 0.235 e. The molecule has 0 bridgehead atoms. The van der Waals surface area contributed by atoms with E-state index in [1.54, 1.807) is 14.0 Å². The minimum atomic E-state index is -1.41. The molecule has 2 aromatic carbocycles. The Morgan fingerprint density at radius 3 is 2.61 bits per heavy atom. The molecule has 0 spiro atoms. The number of aliphatic carboxylic acids is 1. The Morgan fingerprint density at radius 1 is 1.26 bits per heavy atom. The van der Waals surface area contributed by atoms with E-state index in [0.717, 1.165) is 33.9 Å². The molecule has 1 amide bonds. The van der Waals surface area contributed by atoms with E-state index in [4.69, 9.17) is 10.5 Å². The number of aliphatic hydroxyl groups is 1. The fraction of sp³-hybridized carbons (Fsp3) is 0.464. The summed E-state index contributed by atoms with van der Waals surface area (Å²) in [6, 6.07) is 11.5. The molecule has 4 N–H and O–H groups in total. The fourth-order valence-electron chi connectivity index (χ4n) is 5.69. The highest BCUT2D eigenvalue weighted by molar-refractivity contribution is 5.99. The summed E-state index contributed by atoms with van der Waals surface area (Å²) in [7, 11) is 5.96. The quantitative estimate of drug-likeness (QED) is 0.175. The number of ether oxygens (including phenoxy) is 1. The molecule has 0 aromatic heterocycles. The molecule has 4 atom stereocenters. The number of nitrogens with two attached hydrogens (primary N) is 1. The Hall–Kier alpha value is -3.63. The van der Waals surface area contributed by atoms with Crippen LogP contribution in [0.15, 0.2) is 52.7 Å². The van der Waals surface area contributed by atoms with Crippen LogP contribution in [0.4, 0.5) is 0 Å². The lowest BCUT2D eigenvalue weighted by Gasteiger charge is -2.47. The molecular weight excluding hydrogens is 486 g/mol. The highest BCUT2D eigenvalue weighted by atomic mass is 16.5. The first-order valence-corrected chi connectivity index (χ1v) is 12.8. The third-order valence-electron chi connectivity index (χ3n) is 7.73. The number of carboxylic acid groups (broad SMARTS) is 1. The Labute approximate surface area is 223 Å². The monoisotopic (exact) mass is 523 g/mol. The van der Waals surface area contributed by atoms with E-state index in [1.165, 1.54) is 4.90 Å². The molecule has 1 saturated heterocycles. The number of aliphatic imine (C=N–C) groups is 1.